The Kier molecular flexibility index (Phi) is 36.4. The second-order valence-corrected chi connectivity index (χ2v) is 34.9. The number of ether oxygens (including phenoxy) is 8. The van der Waals surface area contributed by atoms with E-state index in [1.165, 1.54) is 63.5 Å². The summed E-state index contributed by atoms with van der Waals surface area (Å²) in [5.41, 5.74) is 5.75. The molecule has 0 atom stereocenters. The van der Waals surface area contributed by atoms with Crippen LogP contribution in [-0.4, -0.2) is 85.4 Å². The van der Waals surface area contributed by atoms with E-state index in [4.69, 9.17) is 63.6 Å². The molecular weight excluding hydrogens is 1600 g/mol. The Bertz CT molecular complexity index is 5330. The molecule has 0 unspecified atom stereocenters. The zero-order valence-corrected chi connectivity index (χ0v) is 73.9. The van der Waals surface area contributed by atoms with Gasteiger partial charge in [0.05, 0.1) is 72.4 Å². The van der Waals surface area contributed by atoms with Gasteiger partial charge in [0.25, 0.3) is 0 Å². The van der Waals surface area contributed by atoms with Gasteiger partial charge in [-0.25, -0.2) is 19.2 Å². The standard InChI is InChI=1S/C57H60O8.C55H56O8/c1-5-42-14-16-43(17-15-42)18-19-44-20-22-45(23-21-44)32-35-57(36-33-48(34-37-57)47-24-12-41(4)13-25-47)65-56(61)51-30-31-52(46(6-2)40-51)64-55(60)50-28-26-49(27-29-50)54(59)63-39-11-9-8-10-38-62-53(58)7-3;1-5-40-12-14-41(15-13-40)16-17-42-18-20-43(21-19-42)30-33-55(34-31-46(32-35-55)45-22-10-39(4)11-23-45)63-54(59)49-28-29-50(44(6-2)38-49)62-53(58)48-26-24-47(25-27-48)52(57)61-37-9-8-36-60-51(56)7-3/h1-2,7,14-17,20-23,30-31,40-41,47-50H,3,8-13,24-29,33-34,36-39H2,4H3;1-2,7,12-15,18-21,28-29,38-39,45-48H,3,8-11,22-27,31-32,34-37H2,4H3. The van der Waals surface area contributed by atoms with Gasteiger partial charge in [0, 0.05) is 56.7 Å². The van der Waals surface area contributed by atoms with Crippen molar-refractivity contribution in [1.82, 2.24) is 0 Å². The number of hydrogen-bond acceptors (Lipinski definition) is 16. The second-order valence-electron chi connectivity index (χ2n) is 34.9. The molecule has 0 aliphatic heterocycles. The van der Waals surface area contributed by atoms with Gasteiger partial charge in [-0.3, -0.25) is 19.2 Å². The molecule has 0 amide bonds. The van der Waals surface area contributed by atoms with Gasteiger partial charge >= 0.3 is 47.8 Å². The first-order valence-corrected chi connectivity index (χ1v) is 45.6. The van der Waals surface area contributed by atoms with Gasteiger partial charge in [0.15, 0.2) is 11.2 Å². The van der Waals surface area contributed by atoms with Gasteiger partial charge in [-0.1, -0.05) is 112 Å². The number of benzene rings is 6. The molecule has 6 aliphatic carbocycles. The number of terminal acetylenes is 4. The fraction of sp³-hybridized carbons (Fsp3) is 0.429. The van der Waals surface area contributed by atoms with Crippen molar-refractivity contribution in [2.24, 2.45) is 59.2 Å². The average molecular weight is 1720 g/mol. The normalized spacial score (nSPS) is 22.6. The summed E-state index contributed by atoms with van der Waals surface area (Å²) < 4.78 is 45.2. The minimum absolute atomic E-state index is 0.186. The predicted molar refractivity (Wildman–Crippen MR) is 493 cm³/mol. The lowest BCUT2D eigenvalue weighted by atomic mass is 9.68. The fourth-order valence-corrected chi connectivity index (χ4v) is 17.9. The molecule has 0 heterocycles. The van der Waals surface area contributed by atoms with E-state index in [9.17, 15) is 38.4 Å². The highest BCUT2D eigenvalue weighted by molar-refractivity contribution is 5.92. The number of esters is 8. The second kappa shape index (κ2) is 48.7. The average Bonchev–Trinajstić information content (AvgIpc) is 0.798. The quantitative estimate of drug-likeness (QED) is 0.0123. The predicted octanol–water partition coefficient (Wildman–Crippen LogP) is 20.3. The smallest absolute Gasteiger partial charge is 0.339 e. The van der Waals surface area contributed by atoms with Crippen LogP contribution in [0.25, 0.3) is 0 Å². The third-order valence-electron chi connectivity index (χ3n) is 26.0. The molecule has 6 aliphatic rings. The van der Waals surface area contributed by atoms with E-state index < -0.39 is 58.9 Å². The van der Waals surface area contributed by atoms with E-state index in [0.29, 0.717) is 127 Å². The summed E-state index contributed by atoms with van der Waals surface area (Å²) in [6.07, 6.45) is 49.6. The third-order valence-corrected chi connectivity index (χ3v) is 26.0. The van der Waals surface area contributed by atoms with Crippen LogP contribution in [0, 0.1) is 156 Å². The Labute approximate surface area is 756 Å². The monoisotopic (exact) mass is 1720 g/mol. The van der Waals surface area contributed by atoms with Crippen molar-refractivity contribution in [3.63, 3.8) is 0 Å². The van der Waals surface area contributed by atoms with Crippen LogP contribution in [0.5, 0.6) is 11.5 Å². The molecule has 660 valence electrons. The van der Waals surface area contributed by atoms with E-state index in [2.05, 4.69) is 98.1 Å². The zero-order valence-electron chi connectivity index (χ0n) is 73.9. The SMILES string of the molecule is C#Cc1ccc(C#Cc2ccc(C#CC3(OC(=O)c4ccc(OC(=O)C5CCC(C(=O)OCCCCCCOC(=O)C=C)CC5)c(C#C)c4)CCC(C4CCC(C)CC4)CC3)cc2)cc1.C#Cc1ccc(C#Cc2ccc(C#CC3(OC(=O)c4ccc(OC(=O)C5CCC(C(=O)OCCCCOC(=O)C=C)CC5)c(C#C)c4)CCC(C4CCC(C)CC4)CC3)cc2)cc1. The highest BCUT2D eigenvalue weighted by Gasteiger charge is 2.43. The van der Waals surface area contributed by atoms with Gasteiger partial charge in [-0.05, 0) is 348 Å². The summed E-state index contributed by atoms with van der Waals surface area (Å²) in [6.45, 7) is 12.6. The van der Waals surface area contributed by atoms with E-state index in [1.54, 1.807) is 24.3 Å². The van der Waals surface area contributed by atoms with Crippen LogP contribution < -0.4 is 9.47 Å². The van der Waals surface area contributed by atoms with Crippen molar-refractivity contribution < 1.29 is 76.3 Å². The van der Waals surface area contributed by atoms with Gasteiger partial charge in [-0.15, -0.1) is 25.7 Å². The highest BCUT2D eigenvalue weighted by atomic mass is 16.6. The largest absolute Gasteiger partial charge is 0.465 e. The fourth-order valence-electron chi connectivity index (χ4n) is 17.9. The van der Waals surface area contributed by atoms with Crippen LogP contribution in [-0.2, 0) is 57.2 Å². The lowest BCUT2D eigenvalue weighted by Gasteiger charge is -2.40. The first-order valence-electron chi connectivity index (χ1n) is 45.6. The van der Waals surface area contributed by atoms with Crippen LogP contribution in [0.3, 0.4) is 0 Å². The molecule has 6 aromatic rings. The van der Waals surface area contributed by atoms with Crippen LogP contribution >= 0.6 is 0 Å². The lowest BCUT2D eigenvalue weighted by Crippen LogP contribution is -2.39. The molecule has 128 heavy (non-hydrogen) atoms. The number of unbranched alkanes of at least 4 members (excludes halogenated alkanes) is 4. The molecule has 0 N–H and O–H groups in total. The molecular formula is C112H116O16. The molecule has 16 heteroatoms. The molecule has 0 aromatic heterocycles. The Hall–Kier alpha value is -13.0. The van der Waals surface area contributed by atoms with Crippen LogP contribution in [0.1, 0.15) is 283 Å². The summed E-state index contributed by atoms with van der Waals surface area (Å²) in [5, 5.41) is 0. The van der Waals surface area contributed by atoms with Crippen molar-refractivity contribution in [2.45, 2.75) is 218 Å². The maximum Gasteiger partial charge on any atom is 0.339 e. The minimum atomic E-state index is -0.979. The van der Waals surface area contributed by atoms with Gasteiger partial charge in [0.1, 0.15) is 11.5 Å². The van der Waals surface area contributed by atoms with E-state index >= 15 is 0 Å². The van der Waals surface area contributed by atoms with Gasteiger partial charge in [0.2, 0.25) is 0 Å². The van der Waals surface area contributed by atoms with Crippen LogP contribution in [0.15, 0.2) is 159 Å². The van der Waals surface area contributed by atoms with Crippen molar-refractivity contribution in [2.75, 3.05) is 26.4 Å². The summed E-state index contributed by atoms with van der Waals surface area (Å²) >= 11 is 0. The maximum atomic E-state index is 14.0. The molecule has 0 saturated heterocycles. The Morgan fingerprint density at radius 3 is 0.898 bits per heavy atom. The van der Waals surface area contributed by atoms with Crippen molar-refractivity contribution >= 4 is 47.8 Å². The Morgan fingerprint density at radius 1 is 0.328 bits per heavy atom. The van der Waals surface area contributed by atoms with Crippen molar-refractivity contribution in [1.29, 1.82) is 0 Å². The highest BCUT2D eigenvalue weighted by Crippen LogP contribution is 2.47. The minimum Gasteiger partial charge on any atom is -0.465 e. The summed E-state index contributed by atoms with van der Waals surface area (Å²) in [4.78, 5) is 102. The topological polar surface area (TPSA) is 210 Å². The first kappa shape index (κ1) is 95.7. The molecule has 0 bridgehead atoms. The number of hydrogen-bond donors (Lipinski definition) is 0. The third kappa shape index (κ3) is 29.0. The van der Waals surface area contributed by atoms with Gasteiger partial charge < -0.3 is 37.9 Å². The first-order chi connectivity index (χ1) is 62.1. The maximum absolute atomic E-state index is 14.0. The zero-order chi connectivity index (χ0) is 90.6. The number of carbonyl (C=O) groups is 8. The Morgan fingerprint density at radius 2 is 0.602 bits per heavy atom. The molecule has 6 aromatic carbocycles. The molecule has 16 nitrogen and oxygen atoms in total. The molecule has 0 spiro atoms. The number of rotatable bonds is 26. The lowest BCUT2D eigenvalue weighted by molar-refractivity contribution is -0.152. The van der Waals surface area contributed by atoms with Crippen molar-refractivity contribution in [3.05, 3.63) is 226 Å². The van der Waals surface area contributed by atoms with Gasteiger partial charge in [-0.2, -0.15) is 0 Å². The van der Waals surface area contributed by atoms with E-state index in [-0.39, 0.29) is 70.7 Å². The van der Waals surface area contributed by atoms with Crippen molar-refractivity contribution in [3.8, 4) is 108 Å². The molecule has 0 radical (unpaired) electrons. The molecule has 6 fully saturated rings. The van der Waals surface area contributed by atoms with E-state index in [0.717, 1.165) is 120 Å². The summed E-state index contributed by atoms with van der Waals surface area (Å²) in [6, 6.07) is 39.9. The Balaban J connectivity index is 0.000000248. The molecule has 6 saturated carbocycles. The summed E-state index contributed by atoms with van der Waals surface area (Å²) in [5.74, 6) is 36.3. The number of carbonyl (C=O) groups excluding carboxylic acids is 8. The van der Waals surface area contributed by atoms with Crippen LogP contribution in [0.4, 0.5) is 0 Å². The van der Waals surface area contributed by atoms with E-state index in [1.807, 2.05) is 97.1 Å². The van der Waals surface area contributed by atoms with Crippen LogP contribution in [0.2, 0.25) is 0 Å². The molecule has 12 rings (SSSR count). The summed E-state index contributed by atoms with van der Waals surface area (Å²) in [7, 11) is 0.